The SMILES string of the molecule is Cc1cc(C2CCCN2C(=O)c2sc3ccccc3c2Cl)no1. The van der Waals surface area contributed by atoms with Gasteiger partial charge < -0.3 is 9.42 Å². The van der Waals surface area contributed by atoms with Crippen molar-refractivity contribution in [3.8, 4) is 0 Å². The third kappa shape index (κ3) is 2.44. The van der Waals surface area contributed by atoms with E-state index in [1.165, 1.54) is 11.3 Å². The summed E-state index contributed by atoms with van der Waals surface area (Å²) in [6, 6.07) is 9.72. The lowest BCUT2D eigenvalue weighted by atomic mass is 10.1. The molecule has 0 spiro atoms. The van der Waals surface area contributed by atoms with Crippen LogP contribution in [-0.2, 0) is 0 Å². The summed E-state index contributed by atoms with van der Waals surface area (Å²) in [4.78, 5) is 15.5. The van der Waals surface area contributed by atoms with Gasteiger partial charge in [0.05, 0.1) is 11.1 Å². The van der Waals surface area contributed by atoms with Gasteiger partial charge in [0.15, 0.2) is 0 Å². The predicted octanol–water partition coefficient (Wildman–Crippen LogP) is 4.83. The van der Waals surface area contributed by atoms with Gasteiger partial charge in [0, 0.05) is 22.7 Å². The van der Waals surface area contributed by atoms with Gasteiger partial charge in [-0.3, -0.25) is 4.79 Å². The fraction of sp³-hybridized carbons (Fsp3) is 0.294. The Balaban J connectivity index is 1.71. The molecule has 6 heteroatoms. The average Bonchev–Trinajstić information content (AvgIpc) is 3.26. The lowest BCUT2D eigenvalue weighted by Crippen LogP contribution is -2.30. The number of halogens is 1. The lowest BCUT2D eigenvalue weighted by Gasteiger charge is -2.22. The minimum Gasteiger partial charge on any atom is -0.361 e. The Morgan fingerprint density at radius 3 is 3.00 bits per heavy atom. The molecule has 0 saturated carbocycles. The number of thiophene rings is 1. The number of carbonyl (C=O) groups is 1. The second-order valence-corrected chi connectivity index (χ2v) is 7.19. The summed E-state index contributed by atoms with van der Waals surface area (Å²) in [5.74, 6) is 0.749. The van der Waals surface area contributed by atoms with Crippen LogP contribution in [-0.4, -0.2) is 22.5 Å². The van der Waals surface area contributed by atoms with E-state index in [4.69, 9.17) is 16.1 Å². The number of fused-ring (bicyclic) bond motifs is 1. The molecule has 0 aliphatic carbocycles. The maximum atomic E-state index is 13.0. The fourth-order valence-electron chi connectivity index (χ4n) is 3.14. The third-order valence-electron chi connectivity index (χ3n) is 4.23. The smallest absolute Gasteiger partial charge is 0.266 e. The molecule has 4 rings (SSSR count). The highest BCUT2D eigenvalue weighted by atomic mass is 35.5. The van der Waals surface area contributed by atoms with E-state index in [0.717, 1.165) is 40.9 Å². The number of hydrogen-bond donors (Lipinski definition) is 0. The van der Waals surface area contributed by atoms with Gasteiger partial charge in [-0.15, -0.1) is 11.3 Å². The number of rotatable bonds is 2. The van der Waals surface area contributed by atoms with Crippen LogP contribution >= 0.6 is 22.9 Å². The summed E-state index contributed by atoms with van der Waals surface area (Å²) in [5.41, 5.74) is 0.825. The number of aromatic nitrogens is 1. The predicted molar refractivity (Wildman–Crippen MR) is 91.1 cm³/mol. The van der Waals surface area contributed by atoms with Gasteiger partial charge in [0.25, 0.3) is 5.91 Å². The molecule has 1 fully saturated rings. The molecule has 1 aromatic carbocycles. The van der Waals surface area contributed by atoms with Crippen LogP contribution in [0.5, 0.6) is 0 Å². The van der Waals surface area contributed by atoms with Crippen LogP contribution in [0.4, 0.5) is 0 Å². The first-order valence-corrected chi connectivity index (χ1v) is 8.76. The second-order valence-electron chi connectivity index (χ2n) is 5.76. The Labute approximate surface area is 142 Å². The number of nitrogens with zero attached hydrogens (tertiary/aromatic N) is 2. The van der Waals surface area contributed by atoms with Gasteiger partial charge in [-0.2, -0.15) is 0 Å². The first-order chi connectivity index (χ1) is 11.1. The molecule has 118 valence electrons. The molecule has 1 aliphatic rings. The zero-order valence-electron chi connectivity index (χ0n) is 12.6. The summed E-state index contributed by atoms with van der Waals surface area (Å²) in [6.07, 6.45) is 1.87. The fourth-order valence-corrected chi connectivity index (χ4v) is 4.61. The maximum Gasteiger partial charge on any atom is 0.266 e. The van der Waals surface area contributed by atoms with Crippen LogP contribution in [0, 0.1) is 6.92 Å². The quantitative estimate of drug-likeness (QED) is 0.667. The molecule has 1 aliphatic heterocycles. The second kappa shape index (κ2) is 5.65. The van der Waals surface area contributed by atoms with E-state index < -0.39 is 0 Å². The summed E-state index contributed by atoms with van der Waals surface area (Å²) in [5, 5.41) is 5.58. The van der Waals surface area contributed by atoms with Crippen LogP contribution < -0.4 is 0 Å². The van der Waals surface area contributed by atoms with Gasteiger partial charge in [-0.05, 0) is 25.8 Å². The molecular weight excluding hydrogens is 332 g/mol. The molecule has 3 aromatic rings. The number of benzene rings is 1. The van der Waals surface area contributed by atoms with Crippen LogP contribution in [0.3, 0.4) is 0 Å². The highest BCUT2D eigenvalue weighted by Gasteiger charge is 2.34. The molecular formula is C17H15ClN2O2S. The van der Waals surface area contributed by atoms with E-state index in [2.05, 4.69) is 5.16 Å². The molecule has 4 nitrogen and oxygen atoms in total. The van der Waals surface area contributed by atoms with Crippen LogP contribution in [0.15, 0.2) is 34.9 Å². The molecule has 2 aromatic heterocycles. The van der Waals surface area contributed by atoms with E-state index in [9.17, 15) is 4.79 Å². The maximum absolute atomic E-state index is 13.0. The van der Waals surface area contributed by atoms with Crippen molar-refractivity contribution >= 4 is 38.9 Å². The number of likely N-dealkylation sites (tertiary alicyclic amines) is 1. The van der Waals surface area contributed by atoms with Gasteiger partial charge in [0.1, 0.15) is 16.3 Å². The highest BCUT2D eigenvalue weighted by Crippen LogP contribution is 2.39. The monoisotopic (exact) mass is 346 g/mol. The van der Waals surface area contributed by atoms with Gasteiger partial charge in [-0.1, -0.05) is 35.0 Å². The Kier molecular flexibility index (Phi) is 3.62. The van der Waals surface area contributed by atoms with Crippen LogP contribution in [0.2, 0.25) is 5.02 Å². The Hall–Kier alpha value is -1.85. The first kappa shape index (κ1) is 14.7. The van der Waals surface area contributed by atoms with Crippen LogP contribution in [0.25, 0.3) is 10.1 Å². The van der Waals surface area contributed by atoms with Crippen molar-refractivity contribution in [2.75, 3.05) is 6.54 Å². The van der Waals surface area contributed by atoms with E-state index in [1.54, 1.807) is 0 Å². The molecule has 0 N–H and O–H groups in total. The molecule has 23 heavy (non-hydrogen) atoms. The molecule has 1 saturated heterocycles. The molecule has 1 atom stereocenters. The standard InChI is InChI=1S/C17H15ClN2O2S/c1-10-9-12(19-22-10)13-6-4-8-20(13)17(21)16-15(18)11-5-2-3-7-14(11)23-16/h2-3,5,7,9,13H,4,6,8H2,1H3. The van der Waals surface area contributed by atoms with Crippen molar-refractivity contribution in [2.24, 2.45) is 0 Å². The van der Waals surface area contributed by atoms with Gasteiger partial charge >= 0.3 is 0 Å². The molecule has 3 heterocycles. The number of carbonyl (C=O) groups excluding carboxylic acids is 1. The average molecular weight is 347 g/mol. The van der Waals surface area contributed by atoms with Crippen molar-refractivity contribution in [2.45, 2.75) is 25.8 Å². The van der Waals surface area contributed by atoms with E-state index >= 15 is 0 Å². The molecule has 1 amide bonds. The number of aryl methyl sites for hydroxylation is 1. The highest BCUT2D eigenvalue weighted by molar-refractivity contribution is 7.21. The number of hydrogen-bond acceptors (Lipinski definition) is 4. The minimum absolute atomic E-state index is 0.0145. The zero-order valence-corrected chi connectivity index (χ0v) is 14.2. The van der Waals surface area contributed by atoms with Gasteiger partial charge in [-0.25, -0.2) is 0 Å². The van der Waals surface area contributed by atoms with Crippen LogP contribution in [0.1, 0.15) is 40.0 Å². The van der Waals surface area contributed by atoms with E-state index in [0.29, 0.717) is 9.90 Å². The molecule has 1 unspecified atom stereocenters. The van der Waals surface area contributed by atoms with Crippen molar-refractivity contribution < 1.29 is 9.32 Å². The topological polar surface area (TPSA) is 46.3 Å². The Bertz CT molecular complexity index is 886. The lowest BCUT2D eigenvalue weighted by molar-refractivity contribution is 0.0736. The summed E-state index contributed by atoms with van der Waals surface area (Å²) in [6.45, 7) is 2.58. The van der Waals surface area contributed by atoms with Crippen molar-refractivity contribution in [1.29, 1.82) is 0 Å². The normalized spacial score (nSPS) is 18.0. The zero-order chi connectivity index (χ0) is 16.0. The summed E-state index contributed by atoms with van der Waals surface area (Å²) in [7, 11) is 0. The third-order valence-corrected chi connectivity index (χ3v) is 5.89. The molecule has 0 bridgehead atoms. The van der Waals surface area contributed by atoms with E-state index in [-0.39, 0.29) is 11.9 Å². The number of amides is 1. The first-order valence-electron chi connectivity index (χ1n) is 7.56. The minimum atomic E-state index is -0.0266. The van der Waals surface area contributed by atoms with Gasteiger partial charge in [0.2, 0.25) is 0 Å². The van der Waals surface area contributed by atoms with Crippen molar-refractivity contribution in [3.05, 3.63) is 51.7 Å². The largest absolute Gasteiger partial charge is 0.361 e. The summed E-state index contributed by atoms with van der Waals surface area (Å²) < 4.78 is 6.21. The molecule has 0 radical (unpaired) electrons. The van der Waals surface area contributed by atoms with Crippen molar-refractivity contribution in [3.63, 3.8) is 0 Å². The Morgan fingerprint density at radius 2 is 2.26 bits per heavy atom. The van der Waals surface area contributed by atoms with E-state index in [1.807, 2.05) is 42.2 Å². The Morgan fingerprint density at radius 1 is 1.43 bits per heavy atom. The summed E-state index contributed by atoms with van der Waals surface area (Å²) >= 11 is 7.91. The van der Waals surface area contributed by atoms with Crippen molar-refractivity contribution in [1.82, 2.24) is 10.1 Å².